The van der Waals surface area contributed by atoms with Gasteiger partial charge in [-0.3, -0.25) is 4.90 Å². The second kappa shape index (κ2) is 6.00. The summed E-state index contributed by atoms with van der Waals surface area (Å²) < 4.78 is 14.4. The normalized spacial score (nSPS) is 27.8. The summed E-state index contributed by atoms with van der Waals surface area (Å²) in [6.45, 7) is 1.98. The summed E-state index contributed by atoms with van der Waals surface area (Å²) in [5.41, 5.74) is 0.709. The van der Waals surface area contributed by atoms with E-state index < -0.39 is 0 Å². The molecule has 1 aromatic carbocycles. The first-order valence-corrected chi connectivity index (χ1v) is 7.94. The van der Waals surface area contributed by atoms with Crippen molar-refractivity contribution < 1.29 is 4.39 Å². The lowest BCUT2D eigenvalue weighted by molar-refractivity contribution is 0.0820. The molecule has 2 atom stereocenters. The SMILES string of the molecule is CNCC1CCCN(C2CC2)C1c1c(F)cccc1Cl. The molecular formula is C16H22ClFN2. The average molecular weight is 297 g/mol. The van der Waals surface area contributed by atoms with Crippen molar-refractivity contribution in [2.75, 3.05) is 20.1 Å². The Morgan fingerprint density at radius 1 is 1.35 bits per heavy atom. The van der Waals surface area contributed by atoms with Crippen molar-refractivity contribution in [3.63, 3.8) is 0 Å². The molecule has 2 nitrogen and oxygen atoms in total. The fourth-order valence-electron chi connectivity index (χ4n) is 3.59. The van der Waals surface area contributed by atoms with Crippen LogP contribution in [0, 0.1) is 11.7 Å². The molecule has 1 aromatic rings. The quantitative estimate of drug-likeness (QED) is 0.913. The maximum atomic E-state index is 14.4. The summed E-state index contributed by atoms with van der Waals surface area (Å²) in [6, 6.07) is 5.80. The number of halogens is 2. The maximum Gasteiger partial charge on any atom is 0.129 e. The zero-order chi connectivity index (χ0) is 14.1. The van der Waals surface area contributed by atoms with Crippen LogP contribution in [0.25, 0.3) is 0 Å². The van der Waals surface area contributed by atoms with Gasteiger partial charge in [0.1, 0.15) is 5.82 Å². The Bertz CT molecular complexity index is 453. The van der Waals surface area contributed by atoms with E-state index in [-0.39, 0.29) is 11.9 Å². The zero-order valence-corrected chi connectivity index (χ0v) is 12.7. The minimum atomic E-state index is -0.156. The van der Waals surface area contributed by atoms with E-state index in [1.165, 1.54) is 25.3 Å². The van der Waals surface area contributed by atoms with E-state index in [1.54, 1.807) is 6.07 Å². The summed E-state index contributed by atoms with van der Waals surface area (Å²) >= 11 is 6.33. The minimum Gasteiger partial charge on any atom is -0.319 e. The highest BCUT2D eigenvalue weighted by Crippen LogP contribution is 2.45. The number of nitrogens with zero attached hydrogens (tertiary/aromatic N) is 1. The lowest BCUT2D eigenvalue weighted by atomic mass is 9.84. The number of piperidine rings is 1. The Labute approximate surface area is 125 Å². The predicted molar refractivity (Wildman–Crippen MR) is 80.5 cm³/mol. The highest BCUT2D eigenvalue weighted by Gasteiger charge is 2.41. The van der Waals surface area contributed by atoms with Crippen molar-refractivity contribution >= 4 is 11.6 Å². The highest BCUT2D eigenvalue weighted by molar-refractivity contribution is 6.31. The van der Waals surface area contributed by atoms with E-state index in [9.17, 15) is 4.39 Å². The molecule has 3 rings (SSSR count). The van der Waals surface area contributed by atoms with Gasteiger partial charge in [-0.25, -0.2) is 4.39 Å². The fourth-order valence-corrected chi connectivity index (χ4v) is 3.87. The van der Waals surface area contributed by atoms with E-state index in [1.807, 2.05) is 13.1 Å². The van der Waals surface area contributed by atoms with Gasteiger partial charge in [0.25, 0.3) is 0 Å². The van der Waals surface area contributed by atoms with Crippen molar-refractivity contribution in [1.29, 1.82) is 0 Å². The van der Waals surface area contributed by atoms with Crippen LogP contribution in [-0.4, -0.2) is 31.1 Å². The van der Waals surface area contributed by atoms with Crippen LogP contribution < -0.4 is 5.32 Å². The Morgan fingerprint density at radius 3 is 2.80 bits per heavy atom. The van der Waals surface area contributed by atoms with Crippen LogP contribution in [0.15, 0.2) is 18.2 Å². The van der Waals surface area contributed by atoms with Crippen LogP contribution >= 0.6 is 11.6 Å². The van der Waals surface area contributed by atoms with Crippen LogP contribution in [0.2, 0.25) is 5.02 Å². The molecule has 20 heavy (non-hydrogen) atoms. The second-order valence-electron chi connectivity index (χ2n) is 6.01. The molecule has 2 fully saturated rings. The van der Waals surface area contributed by atoms with Gasteiger partial charge in [-0.05, 0) is 63.9 Å². The molecule has 0 amide bonds. The molecule has 110 valence electrons. The molecule has 2 unspecified atom stereocenters. The first-order valence-electron chi connectivity index (χ1n) is 7.56. The van der Waals surface area contributed by atoms with Crippen LogP contribution in [0.5, 0.6) is 0 Å². The van der Waals surface area contributed by atoms with Crippen molar-refractivity contribution in [3.8, 4) is 0 Å². The summed E-state index contributed by atoms with van der Waals surface area (Å²) in [5.74, 6) is 0.278. The van der Waals surface area contributed by atoms with Crippen molar-refractivity contribution in [3.05, 3.63) is 34.6 Å². The Morgan fingerprint density at radius 2 is 2.15 bits per heavy atom. The minimum absolute atomic E-state index is 0.123. The molecule has 0 bridgehead atoms. The third kappa shape index (κ3) is 2.72. The summed E-state index contributed by atoms with van der Waals surface area (Å²) in [6.07, 6.45) is 4.83. The summed E-state index contributed by atoms with van der Waals surface area (Å²) in [4.78, 5) is 2.50. The number of hydrogen-bond donors (Lipinski definition) is 1. The van der Waals surface area contributed by atoms with Crippen LogP contribution in [0.4, 0.5) is 4.39 Å². The zero-order valence-electron chi connectivity index (χ0n) is 11.9. The highest BCUT2D eigenvalue weighted by atomic mass is 35.5. The van der Waals surface area contributed by atoms with Crippen LogP contribution in [0.3, 0.4) is 0 Å². The Kier molecular flexibility index (Phi) is 4.29. The van der Waals surface area contributed by atoms with E-state index in [0.29, 0.717) is 22.5 Å². The third-order valence-corrected chi connectivity index (χ3v) is 4.90. The smallest absolute Gasteiger partial charge is 0.129 e. The summed E-state index contributed by atoms with van der Waals surface area (Å²) in [7, 11) is 1.97. The van der Waals surface area contributed by atoms with Gasteiger partial charge in [0.2, 0.25) is 0 Å². The number of rotatable bonds is 4. The van der Waals surface area contributed by atoms with E-state index >= 15 is 0 Å². The predicted octanol–water partition coefficient (Wildman–Crippen LogP) is 3.61. The van der Waals surface area contributed by atoms with Gasteiger partial charge in [-0.1, -0.05) is 17.7 Å². The lowest BCUT2D eigenvalue weighted by Crippen LogP contribution is -2.43. The Hall–Kier alpha value is -0.640. The first-order chi connectivity index (χ1) is 9.72. The molecular weight excluding hydrogens is 275 g/mol. The second-order valence-corrected chi connectivity index (χ2v) is 6.42. The van der Waals surface area contributed by atoms with E-state index in [0.717, 1.165) is 19.5 Å². The lowest BCUT2D eigenvalue weighted by Gasteiger charge is -2.42. The van der Waals surface area contributed by atoms with E-state index in [2.05, 4.69) is 10.2 Å². The third-order valence-electron chi connectivity index (χ3n) is 4.57. The number of nitrogens with one attached hydrogen (secondary N) is 1. The molecule has 1 heterocycles. The number of likely N-dealkylation sites (tertiary alicyclic amines) is 1. The van der Waals surface area contributed by atoms with Gasteiger partial charge in [0.15, 0.2) is 0 Å². The average Bonchev–Trinajstić information content (AvgIpc) is 3.24. The first kappa shape index (κ1) is 14.3. The topological polar surface area (TPSA) is 15.3 Å². The molecule has 1 N–H and O–H groups in total. The molecule has 1 aliphatic heterocycles. The summed E-state index contributed by atoms with van der Waals surface area (Å²) in [5, 5.41) is 3.84. The Balaban J connectivity index is 1.98. The monoisotopic (exact) mass is 296 g/mol. The van der Waals surface area contributed by atoms with Gasteiger partial charge >= 0.3 is 0 Å². The number of hydrogen-bond acceptors (Lipinski definition) is 2. The van der Waals surface area contributed by atoms with Crippen molar-refractivity contribution in [1.82, 2.24) is 10.2 Å². The number of benzene rings is 1. The van der Waals surface area contributed by atoms with Gasteiger partial charge in [0.05, 0.1) is 0 Å². The molecule has 1 saturated carbocycles. The van der Waals surface area contributed by atoms with Crippen LogP contribution in [-0.2, 0) is 0 Å². The van der Waals surface area contributed by atoms with Gasteiger partial charge in [-0.15, -0.1) is 0 Å². The molecule has 1 aliphatic carbocycles. The van der Waals surface area contributed by atoms with Crippen LogP contribution in [0.1, 0.15) is 37.3 Å². The maximum absolute atomic E-state index is 14.4. The van der Waals surface area contributed by atoms with Gasteiger partial charge in [0, 0.05) is 22.7 Å². The molecule has 1 saturated heterocycles. The molecule has 0 aromatic heterocycles. The molecule has 4 heteroatoms. The largest absolute Gasteiger partial charge is 0.319 e. The van der Waals surface area contributed by atoms with Gasteiger partial charge < -0.3 is 5.32 Å². The van der Waals surface area contributed by atoms with Gasteiger partial charge in [-0.2, -0.15) is 0 Å². The molecule has 0 spiro atoms. The van der Waals surface area contributed by atoms with E-state index in [4.69, 9.17) is 11.6 Å². The van der Waals surface area contributed by atoms with Crippen molar-refractivity contribution in [2.24, 2.45) is 5.92 Å². The fraction of sp³-hybridized carbons (Fsp3) is 0.625. The van der Waals surface area contributed by atoms with Crippen molar-refractivity contribution in [2.45, 2.75) is 37.8 Å². The molecule has 0 radical (unpaired) electrons. The standard InChI is InChI=1S/C16H22ClFN2/c1-19-10-11-4-3-9-20(12-7-8-12)16(11)15-13(17)5-2-6-14(15)18/h2,5-6,11-12,16,19H,3-4,7-10H2,1H3. The molecule has 2 aliphatic rings.